The first kappa shape index (κ1) is 17.9. The van der Waals surface area contributed by atoms with Crippen molar-refractivity contribution in [3.63, 3.8) is 0 Å². The van der Waals surface area contributed by atoms with Crippen molar-refractivity contribution in [3.8, 4) is 0 Å². The maximum Gasteiger partial charge on any atom is 0.228 e. The highest BCUT2D eigenvalue weighted by Gasteiger charge is 2.30. The molecular weight excluding hydrogens is 312 g/mol. The maximum absolute atomic E-state index is 12.4. The minimum atomic E-state index is -3.23. The second kappa shape index (κ2) is 6.61. The van der Waals surface area contributed by atoms with Crippen LogP contribution in [0.3, 0.4) is 0 Å². The quantitative estimate of drug-likeness (QED) is 0.921. The van der Waals surface area contributed by atoms with E-state index in [2.05, 4.69) is 26.1 Å². The van der Waals surface area contributed by atoms with E-state index < -0.39 is 10.0 Å². The fourth-order valence-corrected chi connectivity index (χ4v) is 3.67. The summed E-state index contributed by atoms with van der Waals surface area (Å²) in [5.74, 6) is -0.400. The van der Waals surface area contributed by atoms with Gasteiger partial charge in [0.2, 0.25) is 15.9 Å². The minimum absolute atomic E-state index is 0.0713. The van der Waals surface area contributed by atoms with Crippen LogP contribution < -0.4 is 5.32 Å². The Hall–Kier alpha value is -1.40. The fraction of sp³-hybridized carbons (Fsp3) is 0.588. The number of sulfonamides is 1. The van der Waals surface area contributed by atoms with Gasteiger partial charge in [0.05, 0.1) is 12.2 Å². The van der Waals surface area contributed by atoms with Gasteiger partial charge in [-0.2, -0.15) is 0 Å². The number of piperidine rings is 1. The van der Waals surface area contributed by atoms with Crippen LogP contribution in [0, 0.1) is 5.92 Å². The Morgan fingerprint density at radius 1 is 1.22 bits per heavy atom. The van der Waals surface area contributed by atoms with Gasteiger partial charge in [-0.1, -0.05) is 32.9 Å². The topological polar surface area (TPSA) is 66.5 Å². The highest BCUT2D eigenvalue weighted by Crippen LogP contribution is 2.24. The van der Waals surface area contributed by atoms with Gasteiger partial charge in [-0.05, 0) is 36.0 Å². The SMILES string of the molecule is CC(C)(C)c1ccc(NC(=O)C2CCCN(S(C)(=O)=O)C2)cc1. The average molecular weight is 338 g/mol. The van der Waals surface area contributed by atoms with E-state index in [0.29, 0.717) is 13.0 Å². The molecule has 2 rings (SSSR count). The molecule has 1 heterocycles. The van der Waals surface area contributed by atoms with Crippen molar-refractivity contribution in [1.82, 2.24) is 4.31 Å². The van der Waals surface area contributed by atoms with Gasteiger partial charge >= 0.3 is 0 Å². The summed E-state index contributed by atoms with van der Waals surface area (Å²) in [4.78, 5) is 12.4. The van der Waals surface area contributed by atoms with Crippen LogP contribution in [0.4, 0.5) is 5.69 Å². The first-order valence-electron chi connectivity index (χ1n) is 7.94. The number of carbonyl (C=O) groups is 1. The Labute approximate surface area is 139 Å². The number of hydrogen-bond acceptors (Lipinski definition) is 3. The van der Waals surface area contributed by atoms with Gasteiger partial charge < -0.3 is 5.32 Å². The van der Waals surface area contributed by atoms with Gasteiger partial charge in [-0.25, -0.2) is 12.7 Å². The van der Waals surface area contributed by atoms with Crippen LogP contribution in [-0.2, 0) is 20.2 Å². The van der Waals surface area contributed by atoms with Crippen LogP contribution in [-0.4, -0.2) is 38.0 Å². The first-order valence-corrected chi connectivity index (χ1v) is 9.79. The standard InChI is InChI=1S/C17H26N2O3S/c1-17(2,3)14-7-9-15(10-8-14)18-16(20)13-6-5-11-19(12-13)23(4,21)22/h7-10,13H,5-6,11-12H2,1-4H3,(H,18,20). The van der Waals surface area contributed by atoms with Crippen molar-refractivity contribution in [2.24, 2.45) is 5.92 Å². The fourth-order valence-electron chi connectivity index (χ4n) is 2.76. The van der Waals surface area contributed by atoms with Crippen molar-refractivity contribution in [3.05, 3.63) is 29.8 Å². The van der Waals surface area contributed by atoms with Gasteiger partial charge in [0, 0.05) is 18.8 Å². The third-order valence-electron chi connectivity index (χ3n) is 4.24. The molecule has 0 spiro atoms. The Bertz CT molecular complexity index is 660. The van der Waals surface area contributed by atoms with Crippen LogP contribution in [0.1, 0.15) is 39.2 Å². The number of amides is 1. The molecule has 1 unspecified atom stereocenters. The molecule has 6 heteroatoms. The number of nitrogens with one attached hydrogen (secondary N) is 1. The van der Waals surface area contributed by atoms with E-state index >= 15 is 0 Å². The molecule has 1 aliphatic heterocycles. The first-order chi connectivity index (χ1) is 10.6. The number of carbonyl (C=O) groups excluding carboxylic acids is 1. The van der Waals surface area contributed by atoms with Crippen molar-refractivity contribution >= 4 is 21.6 Å². The number of anilines is 1. The molecule has 1 saturated heterocycles. The third kappa shape index (κ3) is 4.78. The molecule has 1 amide bonds. The molecule has 1 aromatic carbocycles. The lowest BCUT2D eigenvalue weighted by Crippen LogP contribution is -2.43. The summed E-state index contributed by atoms with van der Waals surface area (Å²) >= 11 is 0. The van der Waals surface area contributed by atoms with Gasteiger partial charge in [0.25, 0.3) is 0 Å². The molecule has 0 radical (unpaired) electrons. The Morgan fingerprint density at radius 2 is 1.83 bits per heavy atom. The van der Waals surface area contributed by atoms with E-state index in [1.165, 1.54) is 16.1 Å². The molecule has 1 aliphatic rings. The van der Waals surface area contributed by atoms with Crippen LogP contribution >= 0.6 is 0 Å². The number of rotatable bonds is 3. The van der Waals surface area contributed by atoms with Crippen molar-refractivity contribution in [2.45, 2.75) is 39.0 Å². The summed E-state index contributed by atoms with van der Waals surface area (Å²) in [5.41, 5.74) is 2.03. The molecule has 1 N–H and O–H groups in total. The monoisotopic (exact) mass is 338 g/mol. The summed E-state index contributed by atoms with van der Waals surface area (Å²) in [6.07, 6.45) is 2.63. The summed E-state index contributed by atoms with van der Waals surface area (Å²) < 4.78 is 24.7. The lowest BCUT2D eigenvalue weighted by atomic mass is 9.87. The smallest absolute Gasteiger partial charge is 0.228 e. The minimum Gasteiger partial charge on any atom is -0.326 e. The predicted octanol–water partition coefficient (Wildman–Crippen LogP) is 2.59. The van der Waals surface area contributed by atoms with E-state index in [9.17, 15) is 13.2 Å². The van der Waals surface area contributed by atoms with Gasteiger partial charge in [0.15, 0.2) is 0 Å². The Balaban J connectivity index is 2.01. The molecule has 0 aromatic heterocycles. The Kier molecular flexibility index (Phi) is 5.16. The largest absolute Gasteiger partial charge is 0.326 e. The molecule has 1 aromatic rings. The van der Waals surface area contributed by atoms with E-state index in [4.69, 9.17) is 0 Å². The summed E-state index contributed by atoms with van der Waals surface area (Å²) in [6.45, 7) is 7.20. The zero-order chi connectivity index (χ0) is 17.3. The number of benzene rings is 1. The van der Waals surface area contributed by atoms with Crippen LogP contribution in [0.2, 0.25) is 0 Å². The highest BCUT2D eigenvalue weighted by atomic mass is 32.2. The second-order valence-electron chi connectivity index (χ2n) is 7.28. The average Bonchev–Trinajstić information content (AvgIpc) is 2.46. The maximum atomic E-state index is 12.4. The molecular formula is C17H26N2O3S. The van der Waals surface area contributed by atoms with Gasteiger partial charge in [-0.3, -0.25) is 4.79 Å². The normalized spacial score (nSPS) is 20.3. The molecule has 0 bridgehead atoms. The highest BCUT2D eigenvalue weighted by molar-refractivity contribution is 7.88. The Morgan fingerprint density at radius 3 is 2.35 bits per heavy atom. The van der Waals surface area contributed by atoms with Crippen LogP contribution in [0.25, 0.3) is 0 Å². The lowest BCUT2D eigenvalue weighted by Gasteiger charge is -2.30. The van der Waals surface area contributed by atoms with Crippen molar-refractivity contribution in [2.75, 3.05) is 24.7 Å². The number of nitrogens with zero attached hydrogens (tertiary/aromatic N) is 1. The van der Waals surface area contributed by atoms with E-state index in [1.54, 1.807) is 0 Å². The predicted molar refractivity (Wildman–Crippen MR) is 92.9 cm³/mol. The van der Waals surface area contributed by atoms with E-state index in [1.807, 2.05) is 24.3 Å². The van der Waals surface area contributed by atoms with Crippen LogP contribution in [0.5, 0.6) is 0 Å². The summed E-state index contributed by atoms with van der Waals surface area (Å²) in [5, 5.41) is 2.90. The van der Waals surface area contributed by atoms with Crippen molar-refractivity contribution < 1.29 is 13.2 Å². The molecule has 1 fully saturated rings. The number of hydrogen-bond donors (Lipinski definition) is 1. The van der Waals surface area contributed by atoms with Gasteiger partial charge in [-0.15, -0.1) is 0 Å². The molecule has 1 atom stereocenters. The zero-order valence-corrected chi connectivity index (χ0v) is 15.1. The van der Waals surface area contributed by atoms with Crippen LogP contribution in [0.15, 0.2) is 24.3 Å². The molecule has 0 aliphatic carbocycles. The summed E-state index contributed by atoms with van der Waals surface area (Å²) in [6, 6.07) is 7.82. The second-order valence-corrected chi connectivity index (χ2v) is 9.26. The van der Waals surface area contributed by atoms with E-state index in [-0.39, 0.29) is 23.8 Å². The van der Waals surface area contributed by atoms with Crippen molar-refractivity contribution in [1.29, 1.82) is 0 Å². The lowest BCUT2D eigenvalue weighted by molar-refractivity contribution is -0.120. The zero-order valence-electron chi connectivity index (χ0n) is 14.3. The molecule has 0 saturated carbocycles. The van der Waals surface area contributed by atoms with Gasteiger partial charge in [0.1, 0.15) is 0 Å². The molecule has 128 valence electrons. The summed E-state index contributed by atoms with van der Waals surface area (Å²) in [7, 11) is -3.23. The molecule has 23 heavy (non-hydrogen) atoms. The third-order valence-corrected chi connectivity index (χ3v) is 5.51. The molecule has 5 nitrogen and oxygen atoms in total. The van der Waals surface area contributed by atoms with E-state index in [0.717, 1.165) is 12.1 Å².